The smallest absolute Gasteiger partial charge is 0.0233 e. The standard InChI is InChI=1S/C33H54/c1-23(2)10-9-11-24(3)28-14-15-29-27-13-12-26-22-25(16-19-31(4,5)6)17-20-32(26,7)30(27)18-21-33(28,29)8/h17,23-24,26-30H,9-15,18,20-22H2,1-8H3/t24-,26+,27-,28+,29+,30-,32+,33-/m1/s1. The van der Waals surface area contributed by atoms with Crippen LogP contribution in [-0.2, 0) is 0 Å². The van der Waals surface area contributed by atoms with E-state index >= 15 is 0 Å². The molecule has 0 nitrogen and oxygen atoms in total. The van der Waals surface area contributed by atoms with Crippen LogP contribution in [0.3, 0.4) is 0 Å². The van der Waals surface area contributed by atoms with Gasteiger partial charge in [0.2, 0.25) is 0 Å². The minimum Gasteiger partial charge on any atom is -0.0923 e. The lowest BCUT2D eigenvalue weighted by molar-refractivity contribution is -0.101. The number of allylic oxidation sites excluding steroid dienone is 2. The molecule has 0 heterocycles. The van der Waals surface area contributed by atoms with Crippen LogP contribution in [0.1, 0.15) is 126 Å². The SMILES string of the molecule is CC(C)CCC[C@@H](C)[C@@H]1CC[C@H]2[C@H]3CC[C@H]4CC(C#CC(C)(C)C)=CC[C@]4(C)[C@@H]3CC[C@@]21C. The van der Waals surface area contributed by atoms with Gasteiger partial charge >= 0.3 is 0 Å². The molecule has 0 N–H and O–H groups in total. The fourth-order valence-electron chi connectivity index (χ4n) is 9.27. The predicted octanol–water partition coefficient (Wildman–Crippen LogP) is 9.69. The third-order valence-electron chi connectivity index (χ3n) is 11.1. The molecule has 0 saturated heterocycles. The second-order valence-corrected chi connectivity index (χ2v) is 14.8. The summed E-state index contributed by atoms with van der Waals surface area (Å²) in [6.45, 7) is 19.5. The van der Waals surface area contributed by atoms with Gasteiger partial charge in [0.05, 0.1) is 0 Å². The molecule has 0 aromatic rings. The predicted molar refractivity (Wildman–Crippen MR) is 144 cm³/mol. The van der Waals surface area contributed by atoms with Gasteiger partial charge < -0.3 is 0 Å². The van der Waals surface area contributed by atoms with Crippen LogP contribution in [-0.4, -0.2) is 0 Å². The maximum absolute atomic E-state index is 3.58. The van der Waals surface area contributed by atoms with Crippen LogP contribution >= 0.6 is 0 Å². The number of rotatable bonds is 5. The van der Waals surface area contributed by atoms with E-state index in [0.717, 1.165) is 41.4 Å². The highest BCUT2D eigenvalue weighted by Gasteiger charge is 2.60. The molecule has 0 bridgehead atoms. The molecule has 0 heteroatoms. The average molecular weight is 451 g/mol. The highest BCUT2D eigenvalue weighted by atomic mass is 14.6. The van der Waals surface area contributed by atoms with Crippen molar-refractivity contribution in [2.45, 2.75) is 126 Å². The fourth-order valence-corrected chi connectivity index (χ4v) is 9.27. The number of hydrogen-bond donors (Lipinski definition) is 0. The summed E-state index contributed by atoms with van der Waals surface area (Å²) in [5, 5.41) is 0. The normalized spacial score (nSPS) is 41.4. The minimum atomic E-state index is 0.109. The van der Waals surface area contributed by atoms with Gasteiger partial charge in [-0.05, 0) is 130 Å². The molecule has 4 aliphatic rings. The maximum atomic E-state index is 3.58. The van der Waals surface area contributed by atoms with Crippen LogP contribution in [0.15, 0.2) is 11.6 Å². The van der Waals surface area contributed by atoms with Gasteiger partial charge in [0.1, 0.15) is 0 Å². The highest BCUT2D eigenvalue weighted by Crippen LogP contribution is 2.68. The first-order chi connectivity index (χ1) is 15.4. The van der Waals surface area contributed by atoms with Gasteiger partial charge in [0.15, 0.2) is 0 Å². The second-order valence-electron chi connectivity index (χ2n) is 14.8. The van der Waals surface area contributed by atoms with Gasteiger partial charge in [-0.25, -0.2) is 0 Å². The van der Waals surface area contributed by atoms with Gasteiger partial charge in [-0.2, -0.15) is 0 Å². The molecule has 3 fully saturated rings. The molecule has 0 unspecified atom stereocenters. The Morgan fingerprint density at radius 3 is 2.36 bits per heavy atom. The molecule has 3 saturated carbocycles. The van der Waals surface area contributed by atoms with Crippen molar-refractivity contribution in [1.82, 2.24) is 0 Å². The molecule has 0 aliphatic heterocycles. The van der Waals surface area contributed by atoms with Crippen LogP contribution in [0.25, 0.3) is 0 Å². The molecule has 186 valence electrons. The third-order valence-corrected chi connectivity index (χ3v) is 11.1. The van der Waals surface area contributed by atoms with Crippen LogP contribution in [0, 0.1) is 69.5 Å². The Morgan fingerprint density at radius 1 is 0.939 bits per heavy atom. The maximum Gasteiger partial charge on any atom is 0.0233 e. The largest absolute Gasteiger partial charge is 0.0923 e. The van der Waals surface area contributed by atoms with Crippen molar-refractivity contribution < 1.29 is 0 Å². The molecule has 0 aromatic heterocycles. The van der Waals surface area contributed by atoms with E-state index in [2.05, 4.69) is 73.3 Å². The van der Waals surface area contributed by atoms with E-state index in [1.807, 2.05) is 0 Å². The summed E-state index contributed by atoms with van der Waals surface area (Å²) < 4.78 is 0. The quantitative estimate of drug-likeness (QED) is 0.366. The van der Waals surface area contributed by atoms with Crippen LogP contribution < -0.4 is 0 Å². The molecular formula is C33H54. The molecule has 0 aromatic carbocycles. The van der Waals surface area contributed by atoms with E-state index in [1.54, 1.807) is 0 Å². The molecule has 4 aliphatic carbocycles. The van der Waals surface area contributed by atoms with Gasteiger partial charge in [-0.15, -0.1) is 0 Å². The zero-order valence-corrected chi connectivity index (χ0v) is 23.4. The number of fused-ring (bicyclic) bond motifs is 5. The highest BCUT2D eigenvalue weighted by molar-refractivity contribution is 5.33. The van der Waals surface area contributed by atoms with Crippen molar-refractivity contribution in [1.29, 1.82) is 0 Å². The summed E-state index contributed by atoms with van der Waals surface area (Å²) in [6.07, 6.45) is 18.4. The summed E-state index contributed by atoms with van der Waals surface area (Å²) in [5.41, 5.74) is 2.70. The van der Waals surface area contributed by atoms with Crippen LogP contribution in [0.4, 0.5) is 0 Å². The topological polar surface area (TPSA) is 0 Å². The molecule has 8 atom stereocenters. The van der Waals surface area contributed by atoms with Crippen LogP contribution in [0.5, 0.6) is 0 Å². The monoisotopic (exact) mass is 450 g/mol. The lowest BCUT2D eigenvalue weighted by Gasteiger charge is -2.60. The van der Waals surface area contributed by atoms with Gasteiger partial charge in [0, 0.05) is 5.41 Å². The molecule has 4 rings (SSSR count). The minimum absolute atomic E-state index is 0.109. The molecule has 0 spiro atoms. The first kappa shape index (κ1) is 25.4. The van der Waals surface area contributed by atoms with Crippen molar-refractivity contribution in [2.24, 2.45) is 57.7 Å². The summed E-state index contributed by atoms with van der Waals surface area (Å²) in [4.78, 5) is 0. The van der Waals surface area contributed by atoms with Crippen molar-refractivity contribution in [2.75, 3.05) is 0 Å². The summed E-state index contributed by atoms with van der Waals surface area (Å²) in [6, 6.07) is 0. The van der Waals surface area contributed by atoms with E-state index in [9.17, 15) is 0 Å². The first-order valence-electron chi connectivity index (χ1n) is 14.7. The van der Waals surface area contributed by atoms with Crippen molar-refractivity contribution >= 4 is 0 Å². The summed E-state index contributed by atoms with van der Waals surface area (Å²) in [7, 11) is 0. The van der Waals surface area contributed by atoms with E-state index < -0.39 is 0 Å². The lowest BCUT2D eigenvalue weighted by Crippen LogP contribution is -2.52. The van der Waals surface area contributed by atoms with E-state index in [0.29, 0.717) is 10.8 Å². The molecular weight excluding hydrogens is 396 g/mol. The Hall–Kier alpha value is -0.700. The first-order valence-corrected chi connectivity index (χ1v) is 14.7. The summed E-state index contributed by atoms with van der Waals surface area (Å²) in [5.74, 6) is 13.7. The van der Waals surface area contributed by atoms with Gasteiger partial charge in [-0.3, -0.25) is 0 Å². The summed E-state index contributed by atoms with van der Waals surface area (Å²) >= 11 is 0. The molecule has 0 amide bonds. The fraction of sp³-hybridized carbons (Fsp3) is 0.879. The Kier molecular flexibility index (Phi) is 7.23. The zero-order valence-electron chi connectivity index (χ0n) is 23.4. The second kappa shape index (κ2) is 9.40. The Labute approximate surface area is 207 Å². The van der Waals surface area contributed by atoms with E-state index in [1.165, 1.54) is 76.2 Å². The Morgan fingerprint density at radius 2 is 1.67 bits per heavy atom. The lowest BCUT2D eigenvalue weighted by atomic mass is 9.45. The van der Waals surface area contributed by atoms with Crippen LogP contribution in [0.2, 0.25) is 0 Å². The van der Waals surface area contributed by atoms with E-state index in [4.69, 9.17) is 0 Å². The Bertz CT molecular complexity index is 781. The average Bonchev–Trinajstić information content (AvgIpc) is 3.08. The van der Waals surface area contributed by atoms with Crippen molar-refractivity contribution in [3.8, 4) is 11.8 Å². The molecule has 0 radical (unpaired) electrons. The third kappa shape index (κ3) is 5.00. The van der Waals surface area contributed by atoms with E-state index in [-0.39, 0.29) is 5.41 Å². The van der Waals surface area contributed by atoms with Crippen molar-refractivity contribution in [3.63, 3.8) is 0 Å². The van der Waals surface area contributed by atoms with Crippen molar-refractivity contribution in [3.05, 3.63) is 11.6 Å². The Balaban J connectivity index is 1.46. The zero-order chi connectivity index (χ0) is 24.0. The molecule has 33 heavy (non-hydrogen) atoms. The van der Waals surface area contributed by atoms with Gasteiger partial charge in [-0.1, -0.05) is 71.8 Å². The number of hydrogen-bond acceptors (Lipinski definition) is 0. The van der Waals surface area contributed by atoms with Gasteiger partial charge in [0.25, 0.3) is 0 Å².